The van der Waals surface area contributed by atoms with Crippen LogP contribution in [0.4, 0.5) is 10.5 Å². The Labute approximate surface area is 237 Å². The van der Waals surface area contributed by atoms with Gasteiger partial charge in [0.15, 0.2) is 0 Å². The van der Waals surface area contributed by atoms with E-state index >= 15 is 0 Å². The third kappa shape index (κ3) is 6.00. The van der Waals surface area contributed by atoms with Crippen molar-refractivity contribution in [1.29, 1.82) is 0 Å². The van der Waals surface area contributed by atoms with E-state index in [0.29, 0.717) is 0 Å². The monoisotopic (exact) mass is 554 g/mol. The van der Waals surface area contributed by atoms with Crippen LogP contribution in [0.2, 0.25) is 5.02 Å². The molecule has 0 atom stereocenters. The van der Waals surface area contributed by atoms with Crippen molar-refractivity contribution in [3.63, 3.8) is 0 Å². The average Bonchev–Trinajstić information content (AvgIpc) is 3.29. The largest absolute Gasteiger partial charge is 0.481 e. The average molecular weight is 555 g/mol. The number of benzene rings is 4. The number of nitrogens with one attached hydrogen (secondary N) is 1. The Hall–Kier alpha value is -4.62. The van der Waals surface area contributed by atoms with Gasteiger partial charge in [-0.05, 0) is 46.0 Å². The highest BCUT2D eigenvalue weighted by molar-refractivity contribution is 6.33. The van der Waals surface area contributed by atoms with Crippen LogP contribution in [0.5, 0.6) is 0 Å². The van der Waals surface area contributed by atoms with E-state index < -0.39 is 12.1 Å². The third-order valence-electron chi connectivity index (χ3n) is 6.89. The van der Waals surface area contributed by atoms with Crippen LogP contribution in [0.15, 0.2) is 97.1 Å². The maximum atomic E-state index is 13.4. The molecule has 4 aromatic rings. The highest BCUT2D eigenvalue weighted by atomic mass is 35.5. The Bertz CT molecular complexity index is 1510. The van der Waals surface area contributed by atoms with Crippen molar-refractivity contribution in [2.24, 2.45) is 0 Å². The first-order valence-corrected chi connectivity index (χ1v) is 13.2. The van der Waals surface area contributed by atoms with Crippen molar-refractivity contribution in [1.82, 2.24) is 4.90 Å². The second kappa shape index (κ2) is 12.1. The fraction of sp³-hybridized carbons (Fsp3) is 0.156. The first-order chi connectivity index (χ1) is 19.4. The molecule has 40 heavy (non-hydrogen) atoms. The van der Waals surface area contributed by atoms with Crippen LogP contribution in [-0.2, 0) is 16.1 Å². The molecule has 1 aliphatic carbocycles. The molecule has 0 saturated heterocycles. The normalized spacial score (nSPS) is 11.8. The lowest BCUT2D eigenvalue weighted by Crippen LogP contribution is -2.32. The Balaban J connectivity index is 1.29. The van der Waals surface area contributed by atoms with Gasteiger partial charge in [0.1, 0.15) is 6.61 Å². The minimum atomic E-state index is -1.00. The molecule has 0 heterocycles. The number of halogens is 1. The van der Waals surface area contributed by atoms with Crippen LogP contribution in [0.3, 0.4) is 0 Å². The number of rotatable bonds is 9. The molecule has 1 aliphatic rings. The highest BCUT2D eigenvalue weighted by Gasteiger charge is 2.29. The van der Waals surface area contributed by atoms with E-state index in [1.54, 1.807) is 6.07 Å². The molecule has 2 N–H and O–H groups in total. The summed E-state index contributed by atoms with van der Waals surface area (Å²) in [4.78, 5) is 38.9. The van der Waals surface area contributed by atoms with Gasteiger partial charge in [0, 0.05) is 24.6 Å². The summed E-state index contributed by atoms with van der Waals surface area (Å²) < 4.78 is 5.62. The molecule has 8 heteroatoms. The van der Waals surface area contributed by atoms with Gasteiger partial charge in [-0.2, -0.15) is 0 Å². The number of fused-ring (bicyclic) bond motifs is 3. The van der Waals surface area contributed by atoms with E-state index in [-0.39, 0.29) is 54.2 Å². The number of carboxylic acid groups (broad SMARTS) is 1. The minimum absolute atomic E-state index is 0.0286. The molecular formula is C32H27ClN2O5. The molecule has 0 fully saturated rings. The Morgan fingerprint density at radius 2 is 1.48 bits per heavy atom. The molecule has 0 bridgehead atoms. The predicted octanol–water partition coefficient (Wildman–Crippen LogP) is 6.82. The van der Waals surface area contributed by atoms with Crippen molar-refractivity contribution >= 4 is 35.3 Å². The lowest BCUT2D eigenvalue weighted by Gasteiger charge is -2.23. The molecule has 7 nitrogen and oxygen atoms in total. The van der Waals surface area contributed by atoms with Crippen LogP contribution in [-0.4, -0.2) is 41.1 Å². The molecule has 0 radical (unpaired) electrons. The van der Waals surface area contributed by atoms with E-state index in [4.69, 9.17) is 16.3 Å². The molecule has 202 valence electrons. The number of ether oxygens (including phenoxy) is 1. The van der Waals surface area contributed by atoms with Gasteiger partial charge in [-0.1, -0.05) is 90.5 Å². The van der Waals surface area contributed by atoms with E-state index in [1.807, 2.05) is 66.7 Å². The van der Waals surface area contributed by atoms with Crippen molar-refractivity contribution < 1.29 is 24.2 Å². The lowest BCUT2D eigenvalue weighted by molar-refractivity contribution is -0.137. The number of aliphatic carboxylic acids is 1. The zero-order valence-electron chi connectivity index (χ0n) is 21.5. The van der Waals surface area contributed by atoms with Gasteiger partial charge in [0.05, 0.1) is 17.1 Å². The van der Waals surface area contributed by atoms with Gasteiger partial charge >= 0.3 is 12.1 Å². The molecule has 5 rings (SSSR count). The second-order valence-corrected chi connectivity index (χ2v) is 9.91. The smallest absolute Gasteiger partial charge is 0.411 e. The third-order valence-corrected chi connectivity index (χ3v) is 7.22. The van der Waals surface area contributed by atoms with Crippen LogP contribution in [0.1, 0.15) is 39.4 Å². The summed E-state index contributed by atoms with van der Waals surface area (Å²) >= 11 is 6.35. The number of amides is 2. The number of carboxylic acids is 1. The van der Waals surface area contributed by atoms with Crippen molar-refractivity contribution in [2.75, 3.05) is 18.5 Å². The first kappa shape index (κ1) is 27.0. The molecule has 0 saturated carbocycles. The molecule has 0 aliphatic heterocycles. The number of hydrogen-bond acceptors (Lipinski definition) is 4. The highest BCUT2D eigenvalue weighted by Crippen LogP contribution is 2.44. The maximum Gasteiger partial charge on any atom is 0.411 e. The summed E-state index contributed by atoms with van der Waals surface area (Å²) in [5, 5.41) is 12.1. The predicted molar refractivity (Wildman–Crippen MR) is 154 cm³/mol. The molecule has 0 spiro atoms. The maximum absolute atomic E-state index is 13.4. The Morgan fingerprint density at radius 3 is 2.12 bits per heavy atom. The Kier molecular flexibility index (Phi) is 8.12. The first-order valence-electron chi connectivity index (χ1n) is 12.9. The van der Waals surface area contributed by atoms with E-state index in [9.17, 15) is 19.5 Å². The minimum Gasteiger partial charge on any atom is -0.481 e. The van der Waals surface area contributed by atoms with Gasteiger partial charge in [0.2, 0.25) is 0 Å². The quantitative estimate of drug-likeness (QED) is 0.237. The number of carbonyl (C=O) groups is 3. The Morgan fingerprint density at radius 1 is 0.850 bits per heavy atom. The van der Waals surface area contributed by atoms with E-state index in [1.165, 1.54) is 17.0 Å². The van der Waals surface area contributed by atoms with Crippen molar-refractivity contribution in [3.05, 3.63) is 124 Å². The number of carbonyl (C=O) groups excluding carboxylic acids is 2. The molecule has 0 aromatic heterocycles. The van der Waals surface area contributed by atoms with Crippen LogP contribution in [0, 0.1) is 0 Å². The number of hydrogen-bond donors (Lipinski definition) is 2. The number of anilines is 1. The summed E-state index contributed by atoms with van der Waals surface area (Å²) in [7, 11) is 0. The fourth-order valence-corrected chi connectivity index (χ4v) is 5.13. The SMILES string of the molecule is O=C(O)CCN(Cc1ccccc1)C(=O)c1ccc(Cl)c(NC(=O)OCC2c3ccccc3-c3ccccc32)c1. The summed E-state index contributed by atoms with van der Waals surface area (Å²) in [6.45, 7) is 0.404. The summed E-state index contributed by atoms with van der Waals surface area (Å²) in [5.41, 5.74) is 5.81. The van der Waals surface area contributed by atoms with Gasteiger partial charge in [0.25, 0.3) is 5.91 Å². The molecule has 0 unspecified atom stereocenters. The van der Waals surface area contributed by atoms with Gasteiger partial charge in [-0.15, -0.1) is 0 Å². The fourth-order valence-electron chi connectivity index (χ4n) is 4.97. The molecule has 4 aromatic carbocycles. The van der Waals surface area contributed by atoms with Crippen LogP contribution < -0.4 is 5.32 Å². The standard InChI is InChI=1S/C32H27ClN2O5/c33-28-15-14-22(31(38)35(17-16-30(36)37)19-21-8-2-1-3-9-21)18-29(28)34-32(39)40-20-27-25-12-6-4-10-23(25)24-11-5-7-13-26(24)27/h1-15,18,27H,16-17,19-20H2,(H,34,39)(H,36,37). The van der Waals surface area contributed by atoms with Gasteiger partial charge in [-0.25, -0.2) is 4.79 Å². The van der Waals surface area contributed by atoms with E-state index in [2.05, 4.69) is 17.4 Å². The zero-order chi connectivity index (χ0) is 28.1. The molecule has 2 amide bonds. The number of nitrogens with zero attached hydrogens (tertiary/aromatic N) is 1. The molecular weight excluding hydrogens is 528 g/mol. The lowest BCUT2D eigenvalue weighted by atomic mass is 9.98. The zero-order valence-corrected chi connectivity index (χ0v) is 22.3. The van der Waals surface area contributed by atoms with Crippen LogP contribution >= 0.6 is 11.6 Å². The van der Waals surface area contributed by atoms with Gasteiger partial charge < -0.3 is 14.7 Å². The van der Waals surface area contributed by atoms with Crippen molar-refractivity contribution in [2.45, 2.75) is 18.9 Å². The summed E-state index contributed by atoms with van der Waals surface area (Å²) in [6.07, 6.45) is -0.891. The van der Waals surface area contributed by atoms with E-state index in [0.717, 1.165) is 27.8 Å². The summed E-state index contributed by atoms with van der Waals surface area (Å²) in [6, 6.07) is 30.0. The van der Waals surface area contributed by atoms with Gasteiger partial charge in [-0.3, -0.25) is 14.9 Å². The topological polar surface area (TPSA) is 95.9 Å². The summed E-state index contributed by atoms with van der Waals surface area (Å²) in [5.74, 6) is -1.47. The van der Waals surface area contributed by atoms with Crippen LogP contribution in [0.25, 0.3) is 11.1 Å². The second-order valence-electron chi connectivity index (χ2n) is 9.50. The van der Waals surface area contributed by atoms with Crippen molar-refractivity contribution in [3.8, 4) is 11.1 Å².